The maximum Gasteiger partial charge on any atom is 0.257 e. The van der Waals surface area contributed by atoms with Crippen molar-refractivity contribution in [3.05, 3.63) is 58.6 Å². The van der Waals surface area contributed by atoms with Gasteiger partial charge >= 0.3 is 0 Å². The number of carbonyl (C=O) groups excluding carboxylic acids is 1. The first-order valence-corrected chi connectivity index (χ1v) is 9.50. The number of nitrogens with zero attached hydrogens (tertiary/aromatic N) is 3. The van der Waals surface area contributed by atoms with Gasteiger partial charge in [0.05, 0.1) is 16.7 Å². The molecular formula is C21H20ClN5O. The highest BCUT2D eigenvalue weighted by molar-refractivity contribution is 6.31. The summed E-state index contributed by atoms with van der Waals surface area (Å²) in [5, 5.41) is 3.50. The van der Waals surface area contributed by atoms with Crippen LogP contribution in [0.5, 0.6) is 0 Å². The molecule has 0 bridgehead atoms. The van der Waals surface area contributed by atoms with Crippen molar-refractivity contribution >= 4 is 45.5 Å². The molecule has 4 aromatic rings. The molecule has 0 atom stereocenters. The summed E-state index contributed by atoms with van der Waals surface area (Å²) in [4.78, 5) is 22.3. The molecule has 2 aromatic heterocycles. The molecule has 0 saturated heterocycles. The molecule has 3 N–H and O–H groups in total. The van der Waals surface area contributed by atoms with Crippen LogP contribution in [-0.2, 0) is 0 Å². The van der Waals surface area contributed by atoms with Gasteiger partial charge in [-0.15, -0.1) is 0 Å². The summed E-state index contributed by atoms with van der Waals surface area (Å²) < 4.78 is 1.74. The maximum atomic E-state index is 12.8. The van der Waals surface area contributed by atoms with Gasteiger partial charge in [0.2, 0.25) is 0 Å². The molecule has 0 fully saturated rings. The zero-order valence-electron chi connectivity index (χ0n) is 15.7. The number of hydrogen-bond acceptors (Lipinski definition) is 4. The van der Waals surface area contributed by atoms with Crippen LogP contribution in [0.3, 0.4) is 0 Å². The third kappa shape index (κ3) is 2.96. The standard InChI is InChI=1S/C21H20ClN5O/c1-3-10-24-21(28)17-18-20(26-16-7-5-4-6-15(16)25-18)27(19(17)23)13-9-8-12(2)14(22)11-13/h4-9,11H,3,10,23H2,1-2H3,(H,24,28). The number of carbonyl (C=O) groups is 1. The van der Waals surface area contributed by atoms with Gasteiger partial charge in [0.1, 0.15) is 16.9 Å². The summed E-state index contributed by atoms with van der Waals surface area (Å²) >= 11 is 6.33. The Morgan fingerprint density at radius 1 is 1.18 bits per heavy atom. The molecule has 4 rings (SSSR count). The summed E-state index contributed by atoms with van der Waals surface area (Å²) in [5.41, 5.74) is 10.9. The number of para-hydroxylation sites is 2. The Balaban J connectivity index is 2.05. The van der Waals surface area contributed by atoms with Crippen LogP contribution in [0.4, 0.5) is 5.82 Å². The van der Waals surface area contributed by atoms with Crippen molar-refractivity contribution in [2.24, 2.45) is 0 Å². The number of aryl methyl sites for hydroxylation is 1. The topological polar surface area (TPSA) is 85.8 Å². The molecule has 0 spiro atoms. The van der Waals surface area contributed by atoms with Crippen LogP contribution < -0.4 is 11.1 Å². The quantitative estimate of drug-likeness (QED) is 0.542. The first-order chi connectivity index (χ1) is 13.5. The van der Waals surface area contributed by atoms with Gasteiger partial charge in [0, 0.05) is 11.6 Å². The van der Waals surface area contributed by atoms with Crippen LogP contribution >= 0.6 is 11.6 Å². The lowest BCUT2D eigenvalue weighted by Crippen LogP contribution is -2.25. The lowest BCUT2D eigenvalue weighted by Gasteiger charge is -2.09. The number of hydrogen-bond donors (Lipinski definition) is 2. The van der Waals surface area contributed by atoms with Crippen LogP contribution in [0.1, 0.15) is 29.3 Å². The Bertz CT molecular complexity index is 1210. The average Bonchev–Trinajstić information content (AvgIpc) is 2.97. The molecule has 28 heavy (non-hydrogen) atoms. The van der Waals surface area contributed by atoms with Crippen LogP contribution in [0.25, 0.3) is 27.9 Å². The van der Waals surface area contributed by atoms with Crippen LogP contribution in [0.15, 0.2) is 42.5 Å². The zero-order chi connectivity index (χ0) is 19.8. The van der Waals surface area contributed by atoms with Crippen molar-refractivity contribution in [2.75, 3.05) is 12.3 Å². The second kappa shape index (κ2) is 7.13. The summed E-state index contributed by atoms with van der Waals surface area (Å²) in [6.45, 7) is 4.48. The Labute approximate surface area is 167 Å². The minimum atomic E-state index is -0.258. The van der Waals surface area contributed by atoms with E-state index in [0.29, 0.717) is 39.6 Å². The summed E-state index contributed by atoms with van der Waals surface area (Å²) in [7, 11) is 0. The van der Waals surface area contributed by atoms with Crippen molar-refractivity contribution in [3.63, 3.8) is 0 Å². The molecule has 0 saturated carbocycles. The van der Waals surface area contributed by atoms with E-state index in [1.54, 1.807) is 4.57 Å². The largest absolute Gasteiger partial charge is 0.384 e. The number of halogens is 1. The van der Waals surface area contributed by atoms with E-state index in [9.17, 15) is 4.79 Å². The number of aromatic nitrogens is 3. The van der Waals surface area contributed by atoms with Gasteiger partial charge in [-0.05, 0) is 43.2 Å². The summed E-state index contributed by atoms with van der Waals surface area (Å²) in [6.07, 6.45) is 0.826. The molecule has 142 valence electrons. The highest BCUT2D eigenvalue weighted by atomic mass is 35.5. The number of rotatable bonds is 4. The number of fused-ring (bicyclic) bond motifs is 2. The van der Waals surface area contributed by atoms with Crippen molar-refractivity contribution in [2.45, 2.75) is 20.3 Å². The van der Waals surface area contributed by atoms with Crippen molar-refractivity contribution in [1.29, 1.82) is 0 Å². The molecule has 0 unspecified atom stereocenters. The third-order valence-electron chi connectivity index (χ3n) is 4.67. The van der Waals surface area contributed by atoms with Gasteiger partial charge in [-0.1, -0.05) is 36.7 Å². The molecular weight excluding hydrogens is 374 g/mol. The van der Waals surface area contributed by atoms with Crippen LogP contribution in [0, 0.1) is 6.92 Å². The van der Waals surface area contributed by atoms with E-state index in [1.807, 2.05) is 56.3 Å². The van der Waals surface area contributed by atoms with Gasteiger partial charge in [0.25, 0.3) is 5.91 Å². The van der Waals surface area contributed by atoms with Crippen LogP contribution in [0.2, 0.25) is 5.02 Å². The highest BCUT2D eigenvalue weighted by Crippen LogP contribution is 2.32. The molecule has 0 aliphatic rings. The zero-order valence-corrected chi connectivity index (χ0v) is 16.4. The number of nitrogen functional groups attached to an aromatic ring is 1. The van der Waals surface area contributed by atoms with E-state index in [-0.39, 0.29) is 5.91 Å². The van der Waals surface area contributed by atoms with Gasteiger partial charge in [-0.2, -0.15) is 0 Å². The minimum Gasteiger partial charge on any atom is -0.384 e. The molecule has 7 heteroatoms. The Morgan fingerprint density at radius 3 is 2.57 bits per heavy atom. The van der Waals surface area contributed by atoms with E-state index in [4.69, 9.17) is 27.3 Å². The number of nitrogens with two attached hydrogens (primary N) is 1. The van der Waals surface area contributed by atoms with E-state index >= 15 is 0 Å². The van der Waals surface area contributed by atoms with E-state index < -0.39 is 0 Å². The normalized spacial score (nSPS) is 11.2. The monoisotopic (exact) mass is 393 g/mol. The first kappa shape index (κ1) is 18.3. The maximum absolute atomic E-state index is 12.8. The SMILES string of the molecule is CCCNC(=O)c1c(N)n(-c2ccc(C)c(Cl)c2)c2nc3ccccc3nc12. The fourth-order valence-electron chi connectivity index (χ4n) is 3.19. The Morgan fingerprint density at radius 2 is 1.89 bits per heavy atom. The molecule has 1 amide bonds. The second-order valence-electron chi connectivity index (χ2n) is 6.67. The van der Waals surface area contributed by atoms with Gasteiger partial charge in [0.15, 0.2) is 5.65 Å². The van der Waals surface area contributed by atoms with Crippen molar-refractivity contribution < 1.29 is 4.79 Å². The van der Waals surface area contributed by atoms with E-state index in [1.165, 1.54) is 0 Å². The van der Waals surface area contributed by atoms with Crippen molar-refractivity contribution in [3.8, 4) is 5.69 Å². The van der Waals surface area contributed by atoms with Crippen LogP contribution in [-0.4, -0.2) is 27.0 Å². The number of anilines is 1. The van der Waals surface area contributed by atoms with Crippen molar-refractivity contribution in [1.82, 2.24) is 19.9 Å². The summed E-state index contributed by atoms with van der Waals surface area (Å²) in [5.74, 6) is 0.0321. The fraction of sp³-hybridized carbons (Fsp3) is 0.190. The van der Waals surface area contributed by atoms with Gasteiger partial charge in [-0.3, -0.25) is 9.36 Å². The van der Waals surface area contributed by atoms with Gasteiger partial charge < -0.3 is 11.1 Å². The summed E-state index contributed by atoms with van der Waals surface area (Å²) in [6, 6.07) is 13.2. The number of benzene rings is 2. The van der Waals surface area contributed by atoms with Gasteiger partial charge in [-0.25, -0.2) is 9.97 Å². The lowest BCUT2D eigenvalue weighted by atomic mass is 10.2. The smallest absolute Gasteiger partial charge is 0.257 e. The second-order valence-corrected chi connectivity index (χ2v) is 7.08. The molecule has 0 aliphatic carbocycles. The predicted octanol–water partition coefficient (Wildman–Crippen LogP) is 4.26. The number of nitrogens with one attached hydrogen (secondary N) is 1. The third-order valence-corrected chi connectivity index (χ3v) is 5.08. The highest BCUT2D eigenvalue weighted by Gasteiger charge is 2.24. The molecule has 0 aliphatic heterocycles. The molecule has 0 radical (unpaired) electrons. The Hall–Kier alpha value is -3.12. The fourth-order valence-corrected chi connectivity index (χ4v) is 3.37. The lowest BCUT2D eigenvalue weighted by molar-refractivity contribution is 0.0956. The van der Waals surface area contributed by atoms with E-state index in [0.717, 1.165) is 23.2 Å². The predicted molar refractivity (Wildman–Crippen MR) is 113 cm³/mol. The minimum absolute atomic E-state index is 0.258. The molecule has 6 nitrogen and oxygen atoms in total. The van der Waals surface area contributed by atoms with E-state index in [2.05, 4.69) is 5.32 Å². The molecule has 2 heterocycles. The average molecular weight is 394 g/mol. The molecule has 2 aromatic carbocycles. The number of amides is 1. The Kier molecular flexibility index (Phi) is 4.65. The first-order valence-electron chi connectivity index (χ1n) is 9.12.